The molecule has 2 fully saturated rings. The second-order valence-electron chi connectivity index (χ2n) is 7.56. The van der Waals surface area contributed by atoms with Gasteiger partial charge in [-0.25, -0.2) is 0 Å². The Morgan fingerprint density at radius 1 is 1.25 bits per heavy atom. The van der Waals surface area contributed by atoms with E-state index in [0.717, 1.165) is 24.1 Å². The molecule has 1 N–H and O–H groups in total. The highest BCUT2D eigenvalue weighted by Gasteiger charge is 2.37. The molecule has 1 saturated carbocycles. The van der Waals surface area contributed by atoms with Crippen LogP contribution in [-0.2, 0) is 9.59 Å². The Hall–Kier alpha value is -1.84. The van der Waals surface area contributed by atoms with Crippen LogP contribution in [0.4, 0.5) is 5.69 Å². The molecule has 0 radical (unpaired) electrons. The van der Waals surface area contributed by atoms with Gasteiger partial charge in [-0.05, 0) is 36.8 Å². The van der Waals surface area contributed by atoms with E-state index < -0.39 is 0 Å². The Morgan fingerprint density at radius 3 is 2.62 bits per heavy atom. The molecule has 1 atom stereocenters. The molecule has 4 nitrogen and oxygen atoms in total. The third-order valence-corrected chi connectivity index (χ3v) is 5.36. The SMILES string of the molecule is Cc1cccc(C(C)C)c1N1CC(C(=O)NC2CCCC2)CC1=O. The Morgan fingerprint density at radius 2 is 1.96 bits per heavy atom. The molecule has 1 saturated heterocycles. The van der Waals surface area contributed by atoms with Gasteiger partial charge in [0.2, 0.25) is 11.8 Å². The molecule has 0 spiro atoms. The van der Waals surface area contributed by atoms with Crippen LogP contribution in [0.3, 0.4) is 0 Å². The molecule has 24 heavy (non-hydrogen) atoms. The minimum Gasteiger partial charge on any atom is -0.353 e. The maximum Gasteiger partial charge on any atom is 0.227 e. The Balaban J connectivity index is 1.77. The number of rotatable bonds is 4. The van der Waals surface area contributed by atoms with Crippen molar-refractivity contribution >= 4 is 17.5 Å². The van der Waals surface area contributed by atoms with E-state index in [1.54, 1.807) is 0 Å². The summed E-state index contributed by atoms with van der Waals surface area (Å²) in [4.78, 5) is 27.0. The first-order valence-corrected chi connectivity index (χ1v) is 9.17. The number of nitrogens with one attached hydrogen (secondary N) is 1. The Labute approximate surface area is 144 Å². The quantitative estimate of drug-likeness (QED) is 0.919. The lowest BCUT2D eigenvalue weighted by atomic mass is 9.97. The molecule has 3 rings (SSSR count). The number of aryl methyl sites for hydroxylation is 1. The lowest BCUT2D eigenvalue weighted by Crippen LogP contribution is -2.38. The van der Waals surface area contributed by atoms with Gasteiger partial charge in [0.1, 0.15) is 0 Å². The Bertz CT molecular complexity index is 633. The summed E-state index contributed by atoms with van der Waals surface area (Å²) in [5.41, 5.74) is 3.29. The van der Waals surface area contributed by atoms with Crippen molar-refractivity contribution in [1.29, 1.82) is 0 Å². The number of hydrogen-bond donors (Lipinski definition) is 1. The van der Waals surface area contributed by atoms with Crippen LogP contribution in [-0.4, -0.2) is 24.4 Å². The first kappa shape index (κ1) is 17.0. The fourth-order valence-corrected chi connectivity index (χ4v) is 4.00. The molecule has 0 aromatic heterocycles. The zero-order chi connectivity index (χ0) is 17.3. The second kappa shape index (κ2) is 6.96. The number of carbonyl (C=O) groups excluding carboxylic acids is 2. The number of nitrogens with zero attached hydrogens (tertiary/aromatic N) is 1. The molecule has 1 heterocycles. The fraction of sp³-hybridized carbons (Fsp3) is 0.600. The van der Waals surface area contributed by atoms with Gasteiger partial charge in [0.25, 0.3) is 0 Å². The third-order valence-electron chi connectivity index (χ3n) is 5.36. The first-order valence-electron chi connectivity index (χ1n) is 9.17. The summed E-state index contributed by atoms with van der Waals surface area (Å²) < 4.78 is 0. The van der Waals surface area contributed by atoms with Crippen molar-refractivity contribution in [3.63, 3.8) is 0 Å². The average molecular weight is 328 g/mol. The van der Waals surface area contributed by atoms with Gasteiger partial charge in [0.15, 0.2) is 0 Å². The molecular weight excluding hydrogens is 300 g/mol. The molecule has 4 heteroatoms. The summed E-state index contributed by atoms with van der Waals surface area (Å²) >= 11 is 0. The summed E-state index contributed by atoms with van der Waals surface area (Å²) in [6.07, 6.45) is 4.87. The smallest absolute Gasteiger partial charge is 0.227 e. The number of anilines is 1. The maximum atomic E-state index is 12.6. The van der Waals surface area contributed by atoms with Crippen molar-refractivity contribution in [3.8, 4) is 0 Å². The molecule has 130 valence electrons. The van der Waals surface area contributed by atoms with Crippen molar-refractivity contribution in [3.05, 3.63) is 29.3 Å². The summed E-state index contributed by atoms with van der Waals surface area (Å²) in [5.74, 6) is 0.243. The maximum absolute atomic E-state index is 12.6. The van der Waals surface area contributed by atoms with E-state index in [9.17, 15) is 9.59 Å². The minimum absolute atomic E-state index is 0.0532. The zero-order valence-corrected chi connectivity index (χ0v) is 15.0. The summed E-state index contributed by atoms with van der Waals surface area (Å²) in [6.45, 7) is 6.83. The van der Waals surface area contributed by atoms with Crippen LogP contribution in [0.25, 0.3) is 0 Å². The lowest BCUT2D eigenvalue weighted by Gasteiger charge is -2.24. The van der Waals surface area contributed by atoms with Crippen molar-refractivity contribution in [2.24, 2.45) is 5.92 Å². The highest BCUT2D eigenvalue weighted by molar-refractivity contribution is 6.01. The van der Waals surface area contributed by atoms with E-state index in [0.29, 0.717) is 24.9 Å². The molecule has 0 bridgehead atoms. The van der Waals surface area contributed by atoms with Crippen LogP contribution in [0.1, 0.15) is 63.0 Å². The van der Waals surface area contributed by atoms with E-state index in [1.807, 2.05) is 24.0 Å². The molecule has 1 aromatic carbocycles. The van der Waals surface area contributed by atoms with Crippen LogP contribution < -0.4 is 10.2 Å². The van der Waals surface area contributed by atoms with Crippen LogP contribution in [0, 0.1) is 12.8 Å². The standard InChI is InChI=1S/C20H28N2O2/c1-13(2)17-10-6-7-14(3)19(17)22-12-15(11-18(22)23)20(24)21-16-8-4-5-9-16/h6-7,10,13,15-16H,4-5,8-9,11-12H2,1-3H3,(H,21,24). The highest BCUT2D eigenvalue weighted by atomic mass is 16.2. The van der Waals surface area contributed by atoms with Gasteiger partial charge in [-0.2, -0.15) is 0 Å². The highest BCUT2D eigenvalue weighted by Crippen LogP contribution is 2.35. The van der Waals surface area contributed by atoms with Gasteiger partial charge in [-0.3, -0.25) is 9.59 Å². The lowest BCUT2D eigenvalue weighted by molar-refractivity contribution is -0.126. The average Bonchev–Trinajstić information content (AvgIpc) is 3.16. The van der Waals surface area contributed by atoms with Gasteiger partial charge < -0.3 is 10.2 Å². The molecule has 1 aliphatic heterocycles. The van der Waals surface area contributed by atoms with Gasteiger partial charge in [0.05, 0.1) is 5.92 Å². The molecule has 2 amide bonds. The predicted octanol–water partition coefficient (Wildman–Crippen LogP) is 3.53. The molecule has 2 aliphatic rings. The molecular formula is C20H28N2O2. The van der Waals surface area contributed by atoms with Gasteiger partial charge >= 0.3 is 0 Å². The fourth-order valence-electron chi connectivity index (χ4n) is 4.00. The van der Waals surface area contributed by atoms with E-state index >= 15 is 0 Å². The van der Waals surface area contributed by atoms with Crippen molar-refractivity contribution in [2.45, 2.75) is 64.8 Å². The monoisotopic (exact) mass is 328 g/mol. The van der Waals surface area contributed by atoms with E-state index in [4.69, 9.17) is 0 Å². The molecule has 1 aromatic rings. The molecule has 1 unspecified atom stereocenters. The first-order chi connectivity index (χ1) is 11.5. The topological polar surface area (TPSA) is 49.4 Å². The van der Waals surface area contributed by atoms with E-state index in [2.05, 4.69) is 25.2 Å². The van der Waals surface area contributed by atoms with E-state index in [1.165, 1.54) is 18.4 Å². The van der Waals surface area contributed by atoms with E-state index in [-0.39, 0.29) is 17.7 Å². The number of amides is 2. The summed E-state index contributed by atoms with van der Waals surface area (Å²) in [6, 6.07) is 6.48. The van der Waals surface area contributed by atoms with Crippen LogP contribution in [0.15, 0.2) is 18.2 Å². The number of para-hydroxylation sites is 1. The van der Waals surface area contributed by atoms with Crippen LogP contribution in [0.5, 0.6) is 0 Å². The zero-order valence-electron chi connectivity index (χ0n) is 15.0. The largest absolute Gasteiger partial charge is 0.353 e. The Kier molecular flexibility index (Phi) is 4.93. The van der Waals surface area contributed by atoms with Gasteiger partial charge in [-0.1, -0.05) is 44.9 Å². The van der Waals surface area contributed by atoms with Crippen molar-refractivity contribution in [2.75, 3.05) is 11.4 Å². The normalized spacial score (nSPS) is 21.8. The number of carbonyl (C=O) groups is 2. The predicted molar refractivity (Wildman–Crippen MR) is 96.1 cm³/mol. The number of benzene rings is 1. The summed E-state index contributed by atoms with van der Waals surface area (Å²) in [5, 5.41) is 3.15. The summed E-state index contributed by atoms with van der Waals surface area (Å²) in [7, 11) is 0. The number of hydrogen-bond acceptors (Lipinski definition) is 2. The van der Waals surface area contributed by atoms with Crippen molar-refractivity contribution in [1.82, 2.24) is 5.32 Å². The minimum atomic E-state index is -0.224. The van der Waals surface area contributed by atoms with Crippen molar-refractivity contribution < 1.29 is 9.59 Å². The van der Waals surface area contributed by atoms with Crippen LogP contribution >= 0.6 is 0 Å². The third kappa shape index (κ3) is 3.33. The van der Waals surface area contributed by atoms with Gasteiger partial charge in [0, 0.05) is 24.7 Å². The second-order valence-corrected chi connectivity index (χ2v) is 7.56. The molecule has 1 aliphatic carbocycles. The van der Waals surface area contributed by atoms with Crippen LogP contribution in [0.2, 0.25) is 0 Å². The van der Waals surface area contributed by atoms with Gasteiger partial charge in [-0.15, -0.1) is 0 Å².